The molecule has 0 aliphatic carbocycles. The van der Waals surface area contributed by atoms with Gasteiger partial charge in [-0.1, -0.05) is 32.9 Å². The number of imidazole rings is 1. The number of fused-ring (bicyclic) bond motifs is 1. The number of benzene rings is 1. The Kier molecular flexibility index (Phi) is 5.60. The molecular weight excluding hydrogens is 401 g/mol. The predicted molar refractivity (Wildman–Crippen MR) is 104 cm³/mol. The molecule has 0 aliphatic rings. The second-order valence-electron chi connectivity index (χ2n) is 7.82. The molecule has 0 bridgehead atoms. The Hall–Kier alpha value is -3.30. The van der Waals surface area contributed by atoms with Crippen LogP contribution in [0.1, 0.15) is 27.2 Å². The van der Waals surface area contributed by atoms with Crippen molar-refractivity contribution in [2.75, 3.05) is 12.4 Å². The maximum Gasteiger partial charge on any atom is 0.573 e. The third-order valence-corrected chi connectivity index (χ3v) is 3.95. The fourth-order valence-corrected chi connectivity index (χ4v) is 2.87. The smallest absolute Gasteiger partial charge is 0.480 e. The first-order valence-electron chi connectivity index (χ1n) is 9.05. The summed E-state index contributed by atoms with van der Waals surface area (Å²) in [7, 11) is 1.44. The van der Waals surface area contributed by atoms with Crippen LogP contribution in [0.2, 0.25) is 0 Å². The van der Waals surface area contributed by atoms with Gasteiger partial charge in [0, 0.05) is 18.1 Å². The normalized spacial score (nSPS) is 12.1. The average molecular weight is 422 g/mol. The number of alkyl halides is 3. The summed E-state index contributed by atoms with van der Waals surface area (Å²) in [6.07, 6.45) is -4.60. The van der Waals surface area contributed by atoms with Crippen LogP contribution in [-0.4, -0.2) is 34.0 Å². The zero-order valence-electron chi connectivity index (χ0n) is 16.9. The van der Waals surface area contributed by atoms with E-state index in [-0.39, 0.29) is 29.4 Å². The van der Waals surface area contributed by atoms with Gasteiger partial charge in [0.05, 0.1) is 7.11 Å². The van der Waals surface area contributed by atoms with E-state index in [1.54, 1.807) is 18.2 Å². The van der Waals surface area contributed by atoms with Crippen LogP contribution >= 0.6 is 0 Å². The number of hydrogen-bond acceptors (Lipinski definition) is 5. The van der Waals surface area contributed by atoms with Crippen molar-refractivity contribution in [3.63, 3.8) is 0 Å². The van der Waals surface area contributed by atoms with E-state index in [2.05, 4.69) is 20.1 Å². The van der Waals surface area contributed by atoms with E-state index in [1.165, 1.54) is 29.8 Å². The molecule has 2 aromatic heterocycles. The molecule has 0 aliphatic heterocycles. The fourth-order valence-electron chi connectivity index (χ4n) is 2.87. The SMILES string of the molecule is COc1ccc2nc(NC(=O)CC(C)(C)C)c(-c3cccc(OC(F)(F)F)c3)n2n1. The quantitative estimate of drug-likeness (QED) is 0.646. The Morgan fingerprint density at radius 3 is 2.53 bits per heavy atom. The number of halogens is 3. The number of hydrogen-bond donors (Lipinski definition) is 1. The van der Waals surface area contributed by atoms with Crippen LogP contribution < -0.4 is 14.8 Å². The second kappa shape index (κ2) is 7.85. The first kappa shape index (κ1) is 21.4. The highest BCUT2D eigenvalue weighted by Crippen LogP contribution is 2.33. The summed E-state index contributed by atoms with van der Waals surface area (Å²) in [5.74, 6) is -0.225. The molecule has 1 N–H and O–H groups in total. The number of nitrogens with one attached hydrogen (secondary N) is 1. The Morgan fingerprint density at radius 2 is 1.90 bits per heavy atom. The molecule has 7 nitrogen and oxygen atoms in total. The molecule has 0 atom stereocenters. The number of rotatable bonds is 5. The van der Waals surface area contributed by atoms with Crippen LogP contribution in [0, 0.1) is 5.41 Å². The summed E-state index contributed by atoms with van der Waals surface area (Å²) in [6, 6.07) is 8.61. The van der Waals surface area contributed by atoms with E-state index in [0.717, 1.165) is 0 Å². The molecule has 0 unspecified atom stereocenters. The number of carbonyl (C=O) groups is 1. The highest BCUT2D eigenvalue weighted by molar-refractivity contribution is 5.94. The van der Waals surface area contributed by atoms with Gasteiger partial charge in [-0.2, -0.15) is 0 Å². The number of ether oxygens (including phenoxy) is 2. The number of aromatic nitrogens is 3. The fraction of sp³-hybridized carbons (Fsp3) is 0.350. The molecule has 10 heteroatoms. The molecule has 3 aromatic rings. The van der Waals surface area contributed by atoms with Crippen LogP contribution in [0.15, 0.2) is 36.4 Å². The molecule has 3 rings (SSSR count). The van der Waals surface area contributed by atoms with Crippen molar-refractivity contribution in [1.29, 1.82) is 0 Å². The van der Waals surface area contributed by atoms with Crippen molar-refractivity contribution in [2.24, 2.45) is 5.41 Å². The van der Waals surface area contributed by atoms with Crippen LogP contribution in [0.4, 0.5) is 19.0 Å². The maximum absolute atomic E-state index is 12.7. The summed E-state index contributed by atoms with van der Waals surface area (Å²) >= 11 is 0. The molecule has 1 amide bonds. The summed E-state index contributed by atoms with van der Waals surface area (Å²) in [4.78, 5) is 16.9. The number of methoxy groups -OCH3 is 1. The molecule has 30 heavy (non-hydrogen) atoms. The standard InChI is InChI=1S/C20H21F3N4O3/c1-19(2,3)11-15(28)25-18-17(27-14(24-18)8-9-16(26-27)29-4)12-6-5-7-13(10-12)30-20(21,22)23/h5-10H,11H2,1-4H3,(H,25,28). The van der Waals surface area contributed by atoms with Crippen LogP contribution in [0.3, 0.4) is 0 Å². The van der Waals surface area contributed by atoms with Gasteiger partial charge in [-0.05, 0) is 23.6 Å². The van der Waals surface area contributed by atoms with E-state index >= 15 is 0 Å². The largest absolute Gasteiger partial charge is 0.573 e. The Bertz CT molecular complexity index is 1070. The summed E-state index contributed by atoms with van der Waals surface area (Å²) in [6.45, 7) is 5.75. The first-order valence-corrected chi connectivity index (χ1v) is 9.05. The third kappa shape index (κ3) is 5.19. The van der Waals surface area contributed by atoms with Crippen molar-refractivity contribution in [1.82, 2.24) is 14.6 Å². The lowest BCUT2D eigenvalue weighted by Crippen LogP contribution is -2.20. The molecule has 1 aromatic carbocycles. The second-order valence-corrected chi connectivity index (χ2v) is 7.82. The van der Waals surface area contributed by atoms with Crippen LogP contribution in [0.5, 0.6) is 11.6 Å². The summed E-state index contributed by atoms with van der Waals surface area (Å²) in [5, 5.41) is 7.04. The van der Waals surface area contributed by atoms with Crippen molar-refractivity contribution >= 4 is 17.4 Å². The zero-order chi connectivity index (χ0) is 22.1. The maximum atomic E-state index is 12.7. The van der Waals surface area contributed by atoms with E-state index in [0.29, 0.717) is 16.9 Å². The van der Waals surface area contributed by atoms with E-state index < -0.39 is 12.1 Å². The van der Waals surface area contributed by atoms with E-state index in [9.17, 15) is 18.0 Å². The first-order chi connectivity index (χ1) is 13.9. The van der Waals surface area contributed by atoms with Crippen molar-refractivity contribution < 1.29 is 27.4 Å². The molecular formula is C20H21F3N4O3. The zero-order valence-corrected chi connectivity index (χ0v) is 16.9. The highest BCUT2D eigenvalue weighted by atomic mass is 19.4. The van der Waals surface area contributed by atoms with Gasteiger partial charge in [0.15, 0.2) is 11.5 Å². The molecule has 160 valence electrons. The van der Waals surface area contributed by atoms with Gasteiger partial charge >= 0.3 is 6.36 Å². The third-order valence-electron chi connectivity index (χ3n) is 3.95. The van der Waals surface area contributed by atoms with E-state index in [1.807, 2.05) is 20.8 Å². The number of anilines is 1. The average Bonchev–Trinajstić information content (AvgIpc) is 2.95. The minimum absolute atomic E-state index is 0.175. The van der Waals surface area contributed by atoms with Gasteiger partial charge in [0.25, 0.3) is 0 Å². The Balaban J connectivity index is 2.11. The van der Waals surface area contributed by atoms with Crippen molar-refractivity contribution in [3.05, 3.63) is 36.4 Å². The molecule has 0 spiro atoms. The monoisotopic (exact) mass is 422 g/mol. The number of nitrogens with zero attached hydrogens (tertiary/aromatic N) is 3. The van der Waals surface area contributed by atoms with Gasteiger partial charge < -0.3 is 14.8 Å². The van der Waals surface area contributed by atoms with Gasteiger partial charge in [-0.15, -0.1) is 18.3 Å². The number of carbonyl (C=O) groups excluding carboxylic acids is 1. The van der Waals surface area contributed by atoms with Crippen molar-refractivity contribution in [2.45, 2.75) is 33.6 Å². The topological polar surface area (TPSA) is 77.8 Å². The van der Waals surface area contributed by atoms with E-state index in [4.69, 9.17) is 4.74 Å². The summed E-state index contributed by atoms with van der Waals surface area (Å²) < 4.78 is 48.5. The molecule has 0 fully saturated rings. The highest BCUT2D eigenvalue weighted by Gasteiger charge is 2.31. The minimum Gasteiger partial charge on any atom is -0.480 e. The lowest BCUT2D eigenvalue weighted by Gasteiger charge is -2.17. The van der Waals surface area contributed by atoms with Gasteiger partial charge in [0.2, 0.25) is 11.8 Å². The van der Waals surface area contributed by atoms with Crippen molar-refractivity contribution in [3.8, 4) is 22.9 Å². The molecule has 0 saturated carbocycles. The lowest BCUT2D eigenvalue weighted by atomic mass is 9.92. The molecule has 0 saturated heterocycles. The molecule has 0 radical (unpaired) electrons. The predicted octanol–water partition coefficient (Wildman–Crippen LogP) is 4.68. The van der Waals surface area contributed by atoms with Crippen LogP contribution in [0.25, 0.3) is 16.9 Å². The lowest BCUT2D eigenvalue weighted by molar-refractivity contribution is -0.274. The summed E-state index contributed by atoms with van der Waals surface area (Å²) in [5.41, 5.74) is 0.763. The van der Waals surface area contributed by atoms with Gasteiger partial charge in [-0.25, -0.2) is 9.50 Å². The van der Waals surface area contributed by atoms with Crippen LogP contribution in [-0.2, 0) is 4.79 Å². The number of amides is 1. The minimum atomic E-state index is -4.83. The van der Waals surface area contributed by atoms with Gasteiger partial charge in [0.1, 0.15) is 11.4 Å². The molecule has 2 heterocycles. The Labute approximate surface area is 170 Å². The Morgan fingerprint density at radius 1 is 1.17 bits per heavy atom. The van der Waals surface area contributed by atoms with Gasteiger partial charge in [-0.3, -0.25) is 4.79 Å².